The third-order valence-electron chi connectivity index (χ3n) is 3.86. The number of aromatic nitrogens is 3. The summed E-state index contributed by atoms with van der Waals surface area (Å²) in [5.41, 5.74) is 0.834. The van der Waals surface area contributed by atoms with Crippen LogP contribution in [0.2, 0.25) is 5.02 Å². The normalized spacial score (nSPS) is 17.8. The SMILES string of the molecule is CN(C)c1cccc(C2CN(C(=O)Cn3cc(Cl)cn3)CCO2)n1. The molecular weight excluding hydrogens is 330 g/mol. The van der Waals surface area contributed by atoms with E-state index < -0.39 is 0 Å². The van der Waals surface area contributed by atoms with E-state index in [1.165, 1.54) is 6.20 Å². The van der Waals surface area contributed by atoms with Crippen molar-refractivity contribution in [2.24, 2.45) is 0 Å². The minimum atomic E-state index is -0.219. The molecule has 1 saturated heterocycles. The van der Waals surface area contributed by atoms with Crippen molar-refractivity contribution in [3.8, 4) is 0 Å². The Labute approximate surface area is 145 Å². The van der Waals surface area contributed by atoms with Crippen LogP contribution in [-0.4, -0.2) is 59.4 Å². The van der Waals surface area contributed by atoms with Gasteiger partial charge in [-0.2, -0.15) is 5.10 Å². The van der Waals surface area contributed by atoms with Gasteiger partial charge in [-0.25, -0.2) is 4.98 Å². The van der Waals surface area contributed by atoms with E-state index in [9.17, 15) is 4.79 Å². The molecular formula is C16H20ClN5O2. The highest BCUT2D eigenvalue weighted by atomic mass is 35.5. The summed E-state index contributed by atoms with van der Waals surface area (Å²) in [6.07, 6.45) is 2.94. The van der Waals surface area contributed by atoms with E-state index in [2.05, 4.69) is 10.1 Å². The number of rotatable bonds is 4. The predicted molar refractivity (Wildman–Crippen MR) is 91.1 cm³/mol. The number of carbonyl (C=O) groups excluding carboxylic acids is 1. The largest absolute Gasteiger partial charge is 0.368 e. The predicted octanol–water partition coefficient (Wildman–Crippen LogP) is 1.60. The lowest BCUT2D eigenvalue weighted by Crippen LogP contribution is -2.44. The van der Waals surface area contributed by atoms with Gasteiger partial charge in [0.15, 0.2) is 0 Å². The van der Waals surface area contributed by atoms with E-state index in [1.54, 1.807) is 15.8 Å². The first kappa shape index (κ1) is 16.7. The molecule has 0 aliphatic carbocycles. The molecule has 3 heterocycles. The fraction of sp³-hybridized carbons (Fsp3) is 0.438. The van der Waals surface area contributed by atoms with Crippen LogP contribution in [-0.2, 0) is 16.1 Å². The molecule has 2 aromatic rings. The van der Waals surface area contributed by atoms with Gasteiger partial charge < -0.3 is 14.5 Å². The second-order valence-electron chi connectivity index (χ2n) is 5.87. The number of halogens is 1. The first-order valence-corrected chi connectivity index (χ1v) is 8.12. The second kappa shape index (κ2) is 7.19. The lowest BCUT2D eigenvalue weighted by Gasteiger charge is -2.33. The van der Waals surface area contributed by atoms with Crippen LogP contribution in [0.15, 0.2) is 30.6 Å². The summed E-state index contributed by atoms with van der Waals surface area (Å²) in [5, 5.41) is 4.57. The number of ether oxygens (including phenoxy) is 1. The average Bonchev–Trinajstić information content (AvgIpc) is 3.00. The first-order valence-electron chi connectivity index (χ1n) is 7.74. The molecule has 0 aromatic carbocycles. The molecule has 0 saturated carbocycles. The quantitative estimate of drug-likeness (QED) is 0.839. The van der Waals surface area contributed by atoms with Gasteiger partial charge in [-0.05, 0) is 12.1 Å². The molecule has 1 amide bonds. The van der Waals surface area contributed by atoms with Crippen LogP contribution in [0.1, 0.15) is 11.8 Å². The summed E-state index contributed by atoms with van der Waals surface area (Å²) in [7, 11) is 3.89. The van der Waals surface area contributed by atoms with Gasteiger partial charge in [0.05, 0.1) is 30.1 Å². The average molecular weight is 350 g/mol. The van der Waals surface area contributed by atoms with Gasteiger partial charge in [0.25, 0.3) is 0 Å². The minimum absolute atomic E-state index is 0.00756. The van der Waals surface area contributed by atoms with Crippen molar-refractivity contribution in [1.29, 1.82) is 0 Å². The molecule has 0 radical (unpaired) electrons. The molecule has 8 heteroatoms. The fourth-order valence-corrected chi connectivity index (χ4v) is 2.74. The number of anilines is 1. The Morgan fingerprint density at radius 2 is 2.29 bits per heavy atom. The van der Waals surface area contributed by atoms with Crippen LogP contribution >= 0.6 is 11.6 Å². The number of morpholine rings is 1. The zero-order valence-electron chi connectivity index (χ0n) is 13.7. The molecule has 1 unspecified atom stereocenters. The molecule has 1 aliphatic heterocycles. The number of pyridine rings is 1. The van der Waals surface area contributed by atoms with Gasteiger partial charge in [0, 0.05) is 26.8 Å². The number of hydrogen-bond acceptors (Lipinski definition) is 5. The Balaban J connectivity index is 1.67. The Bertz CT molecular complexity index is 718. The zero-order chi connectivity index (χ0) is 17.1. The maximum Gasteiger partial charge on any atom is 0.244 e. The topological polar surface area (TPSA) is 63.5 Å². The smallest absolute Gasteiger partial charge is 0.244 e. The van der Waals surface area contributed by atoms with Crippen LogP contribution < -0.4 is 4.90 Å². The van der Waals surface area contributed by atoms with Crippen molar-refractivity contribution >= 4 is 23.3 Å². The minimum Gasteiger partial charge on any atom is -0.368 e. The number of carbonyl (C=O) groups is 1. The van der Waals surface area contributed by atoms with E-state index >= 15 is 0 Å². The summed E-state index contributed by atoms with van der Waals surface area (Å²) in [5.74, 6) is 0.859. The molecule has 2 aromatic heterocycles. The molecule has 0 bridgehead atoms. The highest BCUT2D eigenvalue weighted by Crippen LogP contribution is 2.22. The third kappa shape index (κ3) is 3.85. The maximum atomic E-state index is 12.5. The van der Waals surface area contributed by atoms with Crippen molar-refractivity contribution in [3.05, 3.63) is 41.3 Å². The van der Waals surface area contributed by atoms with Crippen LogP contribution in [0.3, 0.4) is 0 Å². The van der Waals surface area contributed by atoms with Crippen molar-refractivity contribution in [1.82, 2.24) is 19.7 Å². The highest BCUT2D eigenvalue weighted by Gasteiger charge is 2.26. The first-order chi connectivity index (χ1) is 11.5. The summed E-state index contributed by atoms with van der Waals surface area (Å²) in [4.78, 5) is 20.8. The molecule has 0 N–H and O–H groups in total. The van der Waals surface area contributed by atoms with Gasteiger partial charge in [-0.3, -0.25) is 9.48 Å². The third-order valence-corrected chi connectivity index (χ3v) is 4.06. The second-order valence-corrected chi connectivity index (χ2v) is 6.31. The molecule has 0 spiro atoms. The molecule has 1 aliphatic rings. The summed E-state index contributed by atoms with van der Waals surface area (Å²) < 4.78 is 7.36. The lowest BCUT2D eigenvalue weighted by molar-refractivity contribution is -0.140. The number of amides is 1. The van der Waals surface area contributed by atoms with Crippen LogP contribution in [0, 0.1) is 0 Å². The Morgan fingerprint density at radius 1 is 1.46 bits per heavy atom. The van der Waals surface area contributed by atoms with Crippen molar-refractivity contribution in [2.45, 2.75) is 12.6 Å². The van der Waals surface area contributed by atoms with Crippen LogP contribution in [0.25, 0.3) is 0 Å². The molecule has 3 rings (SSSR count). The van der Waals surface area contributed by atoms with E-state index in [4.69, 9.17) is 16.3 Å². The molecule has 1 atom stereocenters. The summed E-state index contributed by atoms with van der Waals surface area (Å²) in [6, 6.07) is 5.82. The van der Waals surface area contributed by atoms with Gasteiger partial charge in [0.1, 0.15) is 18.5 Å². The molecule has 24 heavy (non-hydrogen) atoms. The van der Waals surface area contributed by atoms with E-state index in [1.807, 2.05) is 37.2 Å². The van der Waals surface area contributed by atoms with E-state index in [0.717, 1.165) is 11.5 Å². The maximum absolute atomic E-state index is 12.5. The van der Waals surface area contributed by atoms with Crippen molar-refractivity contribution < 1.29 is 9.53 Å². The van der Waals surface area contributed by atoms with Crippen LogP contribution in [0.5, 0.6) is 0 Å². The summed E-state index contributed by atoms with van der Waals surface area (Å²) in [6.45, 7) is 1.71. The standard InChI is InChI=1S/C16H20ClN5O2/c1-20(2)15-5-3-4-13(19-15)14-10-21(6-7-24-14)16(23)11-22-9-12(17)8-18-22/h3-5,8-9,14H,6-7,10-11H2,1-2H3. The van der Waals surface area contributed by atoms with Gasteiger partial charge in [0.2, 0.25) is 5.91 Å². The fourth-order valence-electron chi connectivity index (χ4n) is 2.59. The van der Waals surface area contributed by atoms with E-state index in [0.29, 0.717) is 24.7 Å². The molecule has 128 valence electrons. The van der Waals surface area contributed by atoms with Gasteiger partial charge >= 0.3 is 0 Å². The van der Waals surface area contributed by atoms with Crippen molar-refractivity contribution in [2.75, 3.05) is 38.7 Å². The van der Waals surface area contributed by atoms with Crippen molar-refractivity contribution in [3.63, 3.8) is 0 Å². The Kier molecular flexibility index (Phi) is 5.01. The molecule has 1 fully saturated rings. The van der Waals surface area contributed by atoms with E-state index in [-0.39, 0.29) is 18.6 Å². The number of nitrogens with zero attached hydrogens (tertiary/aromatic N) is 5. The lowest BCUT2D eigenvalue weighted by atomic mass is 10.2. The Hall–Kier alpha value is -2.12. The molecule has 7 nitrogen and oxygen atoms in total. The van der Waals surface area contributed by atoms with Crippen LogP contribution in [0.4, 0.5) is 5.82 Å². The summed E-state index contributed by atoms with van der Waals surface area (Å²) >= 11 is 5.83. The monoisotopic (exact) mass is 349 g/mol. The van der Waals surface area contributed by atoms with Gasteiger partial charge in [-0.1, -0.05) is 17.7 Å². The zero-order valence-corrected chi connectivity index (χ0v) is 14.5. The highest BCUT2D eigenvalue weighted by molar-refractivity contribution is 6.30. The Morgan fingerprint density at radius 3 is 3.00 bits per heavy atom. The van der Waals surface area contributed by atoms with Gasteiger partial charge in [-0.15, -0.1) is 0 Å². The number of hydrogen-bond donors (Lipinski definition) is 0.